The highest BCUT2D eigenvalue weighted by Gasteiger charge is 2.31. The minimum Gasteiger partial charge on any atom is -0.352 e. The van der Waals surface area contributed by atoms with Crippen molar-refractivity contribution in [3.05, 3.63) is 0 Å². The summed E-state index contributed by atoms with van der Waals surface area (Å²) in [4.78, 5) is 26.7. The van der Waals surface area contributed by atoms with Gasteiger partial charge in [0, 0.05) is 36.6 Å². The lowest BCUT2D eigenvalue weighted by molar-refractivity contribution is -0.136. The number of nitrogens with one attached hydrogen (secondary N) is 2. The highest BCUT2D eigenvalue weighted by Crippen LogP contribution is 2.27. The van der Waals surface area contributed by atoms with Crippen LogP contribution in [0.2, 0.25) is 0 Å². The molecule has 1 saturated carbocycles. The molecule has 0 aromatic heterocycles. The van der Waals surface area contributed by atoms with Gasteiger partial charge in [0.1, 0.15) is 0 Å². The van der Waals surface area contributed by atoms with E-state index in [9.17, 15) is 9.59 Å². The first-order chi connectivity index (χ1) is 10.7. The van der Waals surface area contributed by atoms with Gasteiger partial charge in [-0.3, -0.25) is 9.59 Å². The number of carbonyl (C=O) groups excluding carboxylic acids is 2. The van der Waals surface area contributed by atoms with Crippen molar-refractivity contribution in [1.29, 1.82) is 0 Å². The summed E-state index contributed by atoms with van der Waals surface area (Å²) < 4.78 is 0. The minimum atomic E-state index is 0.00482. The van der Waals surface area contributed by atoms with Gasteiger partial charge >= 0.3 is 0 Å². The number of amides is 2. The molecule has 2 N–H and O–H groups in total. The lowest BCUT2D eigenvalue weighted by Crippen LogP contribution is -2.48. The van der Waals surface area contributed by atoms with Gasteiger partial charge < -0.3 is 15.5 Å². The topological polar surface area (TPSA) is 61.4 Å². The Balaban J connectivity index is 1.41. The minimum absolute atomic E-state index is 0.00482. The molecule has 3 rings (SSSR count). The van der Waals surface area contributed by atoms with Gasteiger partial charge in [0.05, 0.1) is 6.04 Å². The Hall–Kier alpha value is -0.750. The van der Waals surface area contributed by atoms with Crippen molar-refractivity contribution in [2.24, 2.45) is 5.92 Å². The number of hydrogen-bond acceptors (Lipinski definition) is 4. The first-order valence-electron chi connectivity index (χ1n) is 8.64. The maximum Gasteiger partial charge on any atom is 0.237 e. The Bertz CT molecular complexity index is 398. The average molecular weight is 325 g/mol. The van der Waals surface area contributed by atoms with E-state index in [0.717, 1.165) is 69.7 Å². The van der Waals surface area contributed by atoms with Gasteiger partial charge in [-0.2, -0.15) is 11.8 Å². The number of carbonyl (C=O) groups is 2. The predicted molar refractivity (Wildman–Crippen MR) is 88.8 cm³/mol. The van der Waals surface area contributed by atoms with Crippen LogP contribution in [0.5, 0.6) is 0 Å². The molecule has 2 saturated heterocycles. The molecule has 5 nitrogen and oxygen atoms in total. The fourth-order valence-electron chi connectivity index (χ4n) is 3.74. The zero-order valence-corrected chi connectivity index (χ0v) is 14.0. The Morgan fingerprint density at radius 3 is 2.41 bits per heavy atom. The Kier molecular flexibility index (Phi) is 5.63. The predicted octanol–water partition coefficient (Wildman–Crippen LogP) is 0.989. The van der Waals surface area contributed by atoms with E-state index in [1.54, 1.807) is 0 Å². The summed E-state index contributed by atoms with van der Waals surface area (Å²) in [5, 5.41) is 6.41. The second-order valence-corrected chi connectivity index (χ2v) is 7.87. The molecule has 1 atom stereocenters. The molecule has 2 aliphatic heterocycles. The zero-order chi connectivity index (χ0) is 15.4. The lowest BCUT2D eigenvalue weighted by atomic mass is 9.85. The maximum atomic E-state index is 12.5. The van der Waals surface area contributed by atoms with Gasteiger partial charge in [0.15, 0.2) is 0 Å². The van der Waals surface area contributed by atoms with Crippen LogP contribution in [-0.4, -0.2) is 59.9 Å². The van der Waals surface area contributed by atoms with E-state index in [1.807, 2.05) is 16.7 Å². The molecule has 0 aromatic carbocycles. The smallest absolute Gasteiger partial charge is 0.237 e. The molecule has 22 heavy (non-hydrogen) atoms. The van der Waals surface area contributed by atoms with Crippen LogP contribution < -0.4 is 10.6 Å². The van der Waals surface area contributed by atoms with Gasteiger partial charge in [0.25, 0.3) is 0 Å². The monoisotopic (exact) mass is 325 g/mol. The molecule has 3 fully saturated rings. The fraction of sp³-hybridized carbons (Fsp3) is 0.875. The van der Waals surface area contributed by atoms with Crippen molar-refractivity contribution in [3.8, 4) is 0 Å². The van der Waals surface area contributed by atoms with Crippen molar-refractivity contribution in [2.75, 3.05) is 31.1 Å². The zero-order valence-electron chi connectivity index (χ0n) is 13.2. The lowest BCUT2D eigenvalue weighted by Gasteiger charge is -2.34. The fourth-order valence-corrected chi connectivity index (χ4v) is 4.64. The molecule has 124 valence electrons. The Morgan fingerprint density at radius 1 is 1.05 bits per heavy atom. The second kappa shape index (κ2) is 7.68. The normalized spacial score (nSPS) is 32.7. The van der Waals surface area contributed by atoms with E-state index in [-0.39, 0.29) is 23.9 Å². The number of thioether (sulfide) groups is 1. The summed E-state index contributed by atoms with van der Waals surface area (Å²) in [6.45, 7) is 2.77. The molecule has 0 spiro atoms. The molecule has 0 aromatic rings. The number of rotatable bonds is 3. The second-order valence-electron chi connectivity index (χ2n) is 6.64. The molecule has 0 radical (unpaired) electrons. The van der Waals surface area contributed by atoms with Crippen molar-refractivity contribution in [1.82, 2.24) is 15.5 Å². The van der Waals surface area contributed by atoms with Crippen LogP contribution in [-0.2, 0) is 9.59 Å². The Morgan fingerprint density at radius 2 is 1.77 bits per heavy atom. The van der Waals surface area contributed by atoms with Gasteiger partial charge in [-0.25, -0.2) is 0 Å². The van der Waals surface area contributed by atoms with Crippen LogP contribution in [0.3, 0.4) is 0 Å². The summed E-state index contributed by atoms with van der Waals surface area (Å²) in [5.74, 6) is 2.83. The van der Waals surface area contributed by atoms with E-state index in [1.165, 1.54) is 0 Å². The van der Waals surface area contributed by atoms with Crippen LogP contribution in [0, 0.1) is 5.92 Å². The van der Waals surface area contributed by atoms with Crippen molar-refractivity contribution in [3.63, 3.8) is 0 Å². The summed E-state index contributed by atoms with van der Waals surface area (Å²) >= 11 is 1.93. The summed E-state index contributed by atoms with van der Waals surface area (Å²) in [6.07, 6.45) is 5.77. The van der Waals surface area contributed by atoms with Gasteiger partial charge in [-0.15, -0.1) is 0 Å². The van der Waals surface area contributed by atoms with Crippen molar-refractivity contribution < 1.29 is 9.59 Å². The van der Waals surface area contributed by atoms with Crippen LogP contribution >= 0.6 is 11.8 Å². The first-order valence-corrected chi connectivity index (χ1v) is 9.80. The first kappa shape index (κ1) is 16.1. The van der Waals surface area contributed by atoms with Crippen LogP contribution in [0.15, 0.2) is 0 Å². The van der Waals surface area contributed by atoms with E-state index in [0.29, 0.717) is 5.91 Å². The maximum absolute atomic E-state index is 12.5. The largest absolute Gasteiger partial charge is 0.352 e. The third kappa shape index (κ3) is 3.96. The average Bonchev–Trinajstić information content (AvgIpc) is 3.10. The SMILES string of the molecule is O=C(NC1CCC(C(=O)N2CCSCC2)CC1)C1CCCN1. The van der Waals surface area contributed by atoms with Gasteiger partial charge in [0.2, 0.25) is 11.8 Å². The molecule has 2 heterocycles. The van der Waals surface area contributed by atoms with E-state index >= 15 is 0 Å². The highest BCUT2D eigenvalue weighted by molar-refractivity contribution is 7.99. The molecule has 2 amide bonds. The third-order valence-corrected chi connectivity index (χ3v) is 6.06. The molecule has 6 heteroatoms. The standard InChI is InChI=1S/C16H27N3O2S/c20-15(14-2-1-7-17-14)18-13-5-3-12(4-6-13)16(21)19-8-10-22-11-9-19/h12-14,17H,1-11H2,(H,18,20). The van der Waals surface area contributed by atoms with Crippen molar-refractivity contribution in [2.45, 2.75) is 50.6 Å². The summed E-state index contributed by atoms with van der Waals surface area (Å²) in [5.41, 5.74) is 0. The number of nitrogens with zero attached hydrogens (tertiary/aromatic N) is 1. The summed E-state index contributed by atoms with van der Waals surface area (Å²) in [7, 11) is 0. The van der Waals surface area contributed by atoms with Crippen molar-refractivity contribution >= 4 is 23.6 Å². The molecular weight excluding hydrogens is 298 g/mol. The van der Waals surface area contributed by atoms with E-state index in [2.05, 4.69) is 10.6 Å². The highest BCUT2D eigenvalue weighted by atomic mass is 32.2. The summed E-state index contributed by atoms with van der Waals surface area (Å²) in [6, 6.07) is 0.265. The van der Waals surface area contributed by atoms with Gasteiger partial charge in [-0.05, 0) is 45.1 Å². The Labute approximate surface area is 137 Å². The molecule has 3 aliphatic rings. The molecular formula is C16H27N3O2S. The quantitative estimate of drug-likeness (QED) is 0.812. The third-order valence-electron chi connectivity index (χ3n) is 5.12. The molecule has 1 aliphatic carbocycles. The van der Waals surface area contributed by atoms with Crippen LogP contribution in [0.1, 0.15) is 38.5 Å². The van der Waals surface area contributed by atoms with E-state index in [4.69, 9.17) is 0 Å². The molecule has 0 bridgehead atoms. The van der Waals surface area contributed by atoms with E-state index < -0.39 is 0 Å². The number of hydrogen-bond donors (Lipinski definition) is 2. The van der Waals surface area contributed by atoms with Crippen LogP contribution in [0.25, 0.3) is 0 Å². The molecule has 1 unspecified atom stereocenters. The van der Waals surface area contributed by atoms with Crippen LogP contribution in [0.4, 0.5) is 0 Å². The van der Waals surface area contributed by atoms with Gasteiger partial charge in [-0.1, -0.05) is 0 Å².